The van der Waals surface area contributed by atoms with E-state index in [1.807, 2.05) is 37.3 Å². The predicted octanol–water partition coefficient (Wildman–Crippen LogP) is 3.47. The minimum absolute atomic E-state index is 0.0348. The lowest BCUT2D eigenvalue weighted by Crippen LogP contribution is -2.48. The Hall–Kier alpha value is -2.22. The molecule has 1 amide bonds. The van der Waals surface area contributed by atoms with Gasteiger partial charge in [-0.05, 0) is 57.0 Å². The second-order valence-corrected chi connectivity index (χ2v) is 10.7. The molecule has 6 nitrogen and oxygen atoms in total. The summed E-state index contributed by atoms with van der Waals surface area (Å²) in [6, 6.07) is 17.5. The number of hydrogen-bond acceptors (Lipinski definition) is 4. The Labute approximate surface area is 199 Å². The van der Waals surface area contributed by atoms with E-state index < -0.39 is 10.0 Å². The van der Waals surface area contributed by atoms with Gasteiger partial charge in [-0.2, -0.15) is 4.31 Å². The number of nitrogens with one attached hydrogen (secondary N) is 1. The van der Waals surface area contributed by atoms with Crippen molar-refractivity contribution in [2.75, 3.05) is 32.7 Å². The van der Waals surface area contributed by atoms with Gasteiger partial charge in [0.2, 0.25) is 15.9 Å². The maximum absolute atomic E-state index is 12.9. The zero-order valence-corrected chi connectivity index (χ0v) is 20.9. The molecular formula is C26H37N3O3S. The van der Waals surface area contributed by atoms with Gasteiger partial charge in [-0.3, -0.25) is 9.69 Å². The Balaban J connectivity index is 1.55. The van der Waals surface area contributed by atoms with E-state index in [9.17, 15) is 13.2 Å². The zero-order valence-electron chi connectivity index (χ0n) is 20.0. The Morgan fingerprint density at radius 1 is 1.03 bits per heavy atom. The van der Waals surface area contributed by atoms with Crippen molar-refractivity contribution >= 4 is 15.9 Å². The fourth-order valence-corrected chi connectivity index (χ4v) is 6.01. The average molecular weight is 472 g/mol. The summed E-state index contributed by atoms with van der Waals surface area (Å²) in [6.07, 6.45) is 1.98. The van der Waals surface area contributed by atoms with Crippen molar-refractivity contribution in [2.24, 2.45) is 5.92 Å². The summed E-state index contributed by atoms with van der Waals surface area (Å²) < 4.78 is 27.4. The fraction of sp³-hybridized carbons (Fsp3) is 0.500. The molecule has 1 aliphatic heterocycles. The van der Waals surface area contributed by atoms with Gasteiger partial charge in [-0.25, -0.2) is 8.42 Å². The van der Waals surface area contributed by atoms with Crippen LogP contribution in [0, 0.1) is 12.8 Å². The molecule has 7 heteroatoms. The van der Waals surface area contributed by atoms with Crippen LogP contribution in [0.1, 0.15) is 37.8 Å². The smallest absolute Gasteiger partial charge is 0.243 e. The van der Waals surface area contributed by atoms with Crippen LogP contribution in [0.5, 0.6) is 0 Å². The Kier molecular flexibility index (Phi) is 9.06. The van der Waals surface area contributed by atoms with Gasteiger partial charge in [-0.1, -0.05) is 61.9 Å². The third kappa shape index (κ3) is 6.65. The molecule has 0 aliphatic carbocycles. The number of hydrogen-bond donors (Lipinski definition) is 1. The van der Waals surface area contributed by atoms with Crippen LogP contribution in [-0.2, 0) is 21.2 Å². The first-order valence-electron chi connectivity index (χ1n) is 12.0. The largest absolute Gasteiger partial charge is 0.354 e. The molecule has 2 aromatic carbocycles. The molecule has 2 aromatic rings. The highest BCUT2D eigenvalue weighted by atomic mass is 32.2. The fourth-order valence-electron chi connectivity index (χ4n) is 4.54. The van der Waals surface area contributed by atoms with E-state index in [0.29, 0.717) is 37.4 Å². The van der Waals surface area contributed by atoms with E-state index in [1.165, 1.54) is 9.87 Å². The summed E-state index contributed by atoms with van der Waals surface area (Å²) in [6.45, 7) is 9.43. The van der Waals surface area contributed by atoms with E-state index in [1.54, 1.807) is 12.1 Å². The lowest BCUT2D eigenvalue weighted by Gasteiger charge is -2.33. The van der Waals surface area contributed by atoms with Gasteiger partial charge in [-0.15, -0.1) is 0 Å². The molecule has 1 saturated heterocycles. The molecule has 0 bridgehead atoms. The molecule has 1 unspecified atom stereocenters. The molecule has 1 atom stereocenters. The number of rotatable bonds is 10. The van der Waals surface area contributed by atoms with Crippen LogP contribution in [0.4, 0.5) is 0 Å². The summed E-state index contributed by atoms with van der Waals surface area (Å²) in [5.41, 5.74) is 2.29. The molecule has 3 rings (SSSR count). The number of benzene rings is 2. The highest BCUT2D eigenvalue weighted by Gasteiger charge is 2.32. The van der Waals surface area contributed by atoms with E-state index >= 15 is 0 Å². The highest BCUT2D eigenvalue weighted by molar-refractivity contribution is 7.89. The van der Waals surface area contributed by atoms with Crippen LogP contribution < -0.4 is 5.32 Å². The molecule has 1 aliphatic rings. The normalized spacial score (nSPS) is 16.6. The average Bonchev–Trinajstić information content (AvgIpc) is 2.84. The zero-order chi connectivity index (χ0) is 23.8. The lowest BCUT2D eigenvalue weighted by atomic mass is 9.97. The molecule has 0 radical (unpaired) electrons. The minimum Gasteiger partial charge on any atom is -0.354 e. The molecular weight excluding hydrogens is 434 g/mol. The second-order valence-electron chi connectivity index (χ2n) is 8.80. The van der Waals surface area contributed by atoms with Crippen molar-refractivity contribution in [1.82, 2.24) is 14.5 Å². The van der Waals surface area contributed by atoms with Gasteiger partial charge in [0.05, 0.1) is 4.90 Å². The molecule has 0 spiro atoms. The first-order chi connectivity index (χ1) is 15.8. The molecule has 1 N–H and O–H groups in total. The van der Waals surface area contributed by atoms with Gasteiger partial charge in [0, 0.05) is 31.6 Å². The van der Waals surface area contributed by atoms with Crippen LogP contribution in [0.2, 0.25) is 0 Å². The number of sulfonamides is 1. The minimum atomic E-state index is -3.51. The number of piperidine rings is 1. The number of nitrogens with zero attached hydrogens (tertiary/aromatic N) is 2. The van der Waals surface area contributed by atoms with Crippen molar-refractivity contribution in [3.63, 3.8) is 0 Å². The van der Waals surface area contributed by atoms with Crippen LogP contribution in [0.3, 0.4) is 0 Å². The monoisotopic (exact) mass is 471 g/mol. The first kappa shape index (κ1) is 25.4. The van der Waals surface area contributed by atoms with Crippen molar-refractivity contribution < 1.29 is 13.2 Å². The second kappa shape index (κ2) is 11.8. The topological polar surface area (TPSA) is 69.7 Å². The van der Waals surface area contributed by atoms with Crippen molar-refractivity contribution in [2.45, 2.75) is 51.0 Å². The maximum Gasteiger partial charge on any atom is 0.243 e. The summed E-state index contributed by atoms with van der Waals surface area (Å²) in [7, 11) is -3.51. The van der Waals surface area contributed by atoms with Gasteiger partial charge >= 0.3 is 0 Å². The van der Waals surface area contributed by atoms with Crippen LogP contribution in [0.25, 0.3) is 0 Å². The number of carbonyl (C=O) groups excluding carboxylic acids is 1. The van der Waals surface area contributed by atoms with Crippen LogP contribution in [-0.4, -0.2) is 62.3 Å². The molecule has 1 fully saturated rings. The summed E-state index contributed by atoms with van der Waals surface area (Å²) in [4.78, 5) is 15.6. The number of likely N-dealkylation sites (N-methyl/N-ethyl adjacent to an activating group) is 1. The Bertz CT molecular complexity index is 981. The summed E-state index contributed by atoms with van der Waals surface area (Å²) in [5.74, 6) is -0.115. The molecule has 1 heterocycles. The SMILES string of the molecule is CCN(CC)C(CNC(=O)C1CCN(S(=O)(=O)c2ccc(C)cc2)CC1)Cc1ccccc1. The standard InChI is InChI=1S/C26H37N3O3S/c1-4-28(5-2)24(19-22-9-7-6-8-10-22)20-27-26(30)23-15-17-29(18-16-23)33(31,32)25-13-11-21(3)12-14-25/h6-14,23-24H,4-5,15-20H2,1-3H3,(H,27,30). The summed E-state index contributed by atoms with van der Waals surface area (Å²) >= 11 is 0. The van der Waals surface area contributed by atoms with Gasteiger partial charge in [0.15, 0.2) is 0 Å². The maximum atomic E-state index is 12.9. The lowest BCUT2D eigenvalue weighted by molar-refractivity contribution is -0.126. The molecule has 0 saturated carbocycles. The Morgan fingerprint density at radius 3 is 2.21 bits per heavy atom. The van der Waals surface area contributed by atoms with Crippen LogP contribution in [0.15, 0.2) is 59.5 Å². The van der Waals surface area contributed by atoms with Gasteiger partial charge in [0.25, 0.3) is 0 Å². The quantitative estimate of drug-likeness (QED) is 0.576. The first-order valence-corrected chi connectivity index (χ1v) is 13.4. The van der Waals surface area contributed by atoms with Crippen molar-refractivity contribution in [3.05, 3.63) is 65.7 Å². The van der Waals surface area contributed by atoms with Gasteiger partial charge in [0.1, 0.15) is 0 Å². The molecule has 0 aromatic heterocycles. The van der Waals surface area contributed by atoms with Gasteiger partial charge < -0.3 is 5.32 Å². The van der Waals surface area contributed by atoms with E-state index in [4.69, 9.17) is 0 Å². The number of aryl methyl sites for hydroxylation is 1. The van der Waals surface area contributed by atoms with E-state index in [0.717, 1.165) is 25.1 Å². The highest BCUT2D eigenvalue weighted by Crippen LogP contribution is 2.24. The molecule has 180 valence electrons. The van der Waals surface area contributed by atoms with Crippen LogP contribution >= 0.6 is 0 Å². The number of carbonyl (C=O) groups is 1. The molecule has 33 heavy (non-hydrogen) atoms. The third-order valence-electron chi connectivity index (χ3n) is 6.64. The van der Waals surface area contributed by atoms with E-state index in [-0.39, 0.29) is 17.9 Å². The summed E-state index contributed by atoms with van der Waals surface area (Å²) in [5, 5.41) is 3.16. The van der Waals surface area contributed by atoms with Crippen molar-refractivity contribution in [3.8, 4) is 0 Å². The van der Waals surface area contributed by atoms with Crippen molar-refractivity contribution in [1.29, 1.82) is 0 Å². The third-order valence-corrected chi connectivity index (χ3v) is 8.55. The predicted molar refractivity (Wildman–Crippen MR) is 133 cm³/mol. The number of amides is 1. The van der Waals surface area contributed by atoms with E-state index in [2.05, 4.69) is 36.2 Å². The Morgan fingerprint density at radius 2 is 1.64 bits per heavy atom.